The lowest BCUT2D eigenvalue weighted by Gasteiger charge is -2.36. The van der Waals surface area contributed by atoms with Crippen LogP contribution in [0.5, 0.6) is 0 Å². The SMILES string of the molecule is CCN(CC)S(=O)(=O)c1ccc(N2CCN(C(=O)c3ccc(N(C)C)cc3)CC2)c([N+](=O)[O-])c1. The van der Waals surface area contributed by atoms with Crippen LogP contribution in [0.15, 0.2) is 47.4 Å². The van der Waals surface area contributed by atoms with E-state index in [9.17, 15) is 23.3 Å². The first-order valence-corrected chi connectivity index (χ1v) is 12.6. The highest BCUT2D eigenvalue weighted by molar-refractivity contribution is 7.89. The minimum atomic E-state index is -3.81. The van der Waals surface area contributed by atoms with Gasteiger partial charge in [0.1, 0.15) is 5.69 Å². The van der Waals surface area contributed by atoms with Crippen molar-refractivity contribution in [3.8, 4) is 0 Å². The zero-order valence-corrected chi connectivity index (χ0v) is 20.8. The third-order valence-electron chi connectivity index (χ3n) is 6.02. The maximum Gasteiger partial charge on any atom is 0.293 e. The average Bonchev–Trinajstić information content (AvgIpc) is 2.84. The van der Waals surface area contributed by atoms with E-state index in [0.717, 1.165) is 11.8 Å². The molecule has 0 N–H and O–H groups in total. The van der Waals surface area contributed by atoms with Gasteiger partial charge in [-0.2, -0.15) is 4.31 Å². The lowest BCUT2D eigenvalue weighted by atomic mass is 10.1. The number of hydrogen-bond acceptors (Lipinski definition) is 7. The maximum atomic E-state index is 12.9. The third-order valence-corrected chi connectivity index (χ3v) is 8.07. The van der Waals surface area contributed by atoms with Crippen LogP contribution in [0.3, 0.4) is 0 Å². The van der Waals surface area contributed by atoms with Crippen LogP contribution in [0.4, 0.5) is 17.1 Å². The van der Waals surface area contributed by atoms with Gasteiger partial charge < -0.3 is 14.7 Å². The van der Waals surface area contributed by atoms with E-state index in [2.05, 4.69) is 0 Å². The standard InChI is InChI=1S/C23H31N5O5S/c1-5-27(6-2)34(32,33)20-11-12-21(22(17-20)28(30)31)25-13-15-26(16-14-25)23(29)18-7-9-19(10-8-18)24(3)4/h7-12,17H,5-6,13-16H2,1-4H3. The van der Waals surface area contributed by atoms with Gasteiger partial charge in [0.25, 0.3) is 11.6 Å². The summed E-state index contributed by atoms with van der Waals surface area (Å²) in [6.07, 6.45) is 0. The molecule has 0 saturated carbocycles. The minimum absolute atomic E-state index is 0.0832. The first kappa shape index (κ1) is 25.4. The molecule has 2 aromatic rings. The van der Waals surface area contributed by atoms with Gasteiger partial charge in [-0.3, -0.25) is 14.9 Å². The number of carbonyl (C=O) groups is 1. The van der Waals surface area contributed by atoms with E-state index in [1.54, 1.807) is 30.9 Å². The molecule has 1 amide bonds. The lowest BCUT2D eigenvalue weighted by Crippen LogP contribution is -2.49. The second kappa shape index (κ2) is 10.4. The molecular weight excluding hydrogens is 458 g/mol. The van der Waals surface area contributed by atoms with Gasteiger partial charge in [0.05, 0.1) is 9.82 Å². The highest BCUT2D eigenvalue weighted by Crippen LogP contribution is 2.32. The highest BCUT2D eigenvalue weighted by Gasteiger charge is 2.30. The van der Waals surface area contributed by atoms with Gasteiger partial charge in [-0.25, -0.2) is 8.42 Å². The Labute approximate surface area is 200 Å². The summed E-state index contributed by atoms with van der Waals surface area (Å²) < 4.78 is 26.9. The van der Waals surface area contributed by atoms with Gasteiger partial charge in [0.2, 0.25) is 10.0 Å². The number of sulfonamides is 1. The van der Waals surface area contributed by atoms with Crippen LogP contribution in [-0.4, -0.2) is 81.8 Å². The first-order valence-electron chi connectivity index (χ1n) is 11.2. The molecule has 0 unspecified atom stereocenters. The Balaban J connectivity index is 1.76. The molecule has 0 bridgehead atoms. The summed E-state index contributed by atoms with van der Waals surface area (Å²) in [7, 11) is 0.0533. The van der Waals surface area contributed by atoms with E-state index >= 15 is 0 Å². The van der Waals surface area contributed by atoms with Crippen LogP contribution in [0.1, 0.15) is 24.2 Å². The number of carbonyl (C=O) groups excluding carboxylic acids is 1. The minimum Gasteiger partial charge on any atom is -0.378 e. The van der Waals surface area contributed by atoms with E-state index in [1.165, 1.54) is 16.4 Å². The van der Waals surface area contributed by atoms with Crippen molar-refractivity contribution in [3.05, 3.63) is 58.1 Å². The molecule has 0 aliphatic carbocycles. The molecule has 1 aliphatic heterocycles. The van der Waals surface area contributed by atoms with Gasteiger partial charge >= 0.3 is 0 Å². The van der Waals surface area contributed by atoms with Gasteiger partial charge in [0.15, 0.2) is 0 Å². The number of hydrogen-bond donors (Lipinski definition) is 0. The number of piperazine rings is 1. The van der Waals surface area contributed by atoms with Crippen molar-refractivity contribution in [2.24, 2.45) is 0 Å². The number of amides is 1. The molecule has 0 aromatic heterocycles. The van der Waals surface area contributed by atoms with E-state index < -0.39 is 14.9 Å². The monoisotopic (exact) mass is 489 g/mol. The largest absolute Gasteiger partial charge is 0.378 e. The molecular formula is C23H31N5O5S. The lowest BCUT2D eigenvalue weighted by molar-refractivity contribution is -0.384. The molecule has 11 heteroatoms. The van der Waals surface area contributed by atoms with Crippen LogP contribution in [0.2, 0.25) is 0 Å². The topological polar surface area (TPSA) is 107 Å². The van der Waals surface area contributed by atoms with Crippen molar-refractivity contribution < 1.29 is 18.1 Å². The summed E-state index contributed by atoms with van der Waals surface area (Å²) in [4.78, 5) is 29.5. The van der Waals surface area contributed by atoms with Crippen molar-refractivity contribution in [2.75, 3.05) is 63.2 Å². The van der Waals surface area contributed by atoms with E-state index in [1.807, 2.05) is 36.0 Å². The number of benzene rings is 2. The molecule has 0 spiro atoms. The normalized spacial score (nSPS) is 14.4. The summed E-state index contributed by atoms with van der Waals surface area (Å²) in [5, 5.41) is 11.8. The summed E-state index contributed by atoms with van der Waals surface area (Å²) in [6, 6.07) is 11.4. The quantitative estimate of drug-likeness (QED) is 0.414. The second-order valence-electron chi connectivity index (χ2n) is 8.22. The van der Waals surface area contributed by atoms with Crippen LogP contribution in [0.25, 0.3) is 0 Å². The number of nitro groups is 1. The van der Waals surface area contributed by atoms with Gasteiger partial charge in [-0.05, 0) is 36.4 Å². The Kier molecular flexibility index (Phi) is 7.78. The number of nitrogens with zero attached hydrogens (tertiary/aromatic N) is 5. The van der Waals surface area contributed by atoms with Crippen LogP contribution >= 0.6 is 0 Å². The van der Waals surface area contributed by atoms with Crippen molar-refractivity contribution in [2.45, 2.75) is 18.7 Å². The van der Waals surface area contributed by atoms with Crippen molar-refractivity contribution in [1.82, 2.24) is 9.21 Å². The molecule has 10 nitrogen and oxygen atoms in total. The Morgan fingerprint density at radius 3 is 2.09 bits per heavy atom. The smallest absolute Gasteiger partial charge is 0.293 e. The number of anilines is 2. The zero-order chi connectivity index (χ0) is 25.0. The van der Waals surface area contributed by atoms with Crippen molar-refractivity contribution >= 4 is 33.0 Å². The molecule has 1 heterocycles. The fourth-order valence-corrected chi connectivity index (χ4v) is 5.50. The first-order chi connectivity index (χ1) is 16.1. The molecule has 2 aromatic carbocycles. The highest BCUT2D eigenvalue weighted by atomic mass is 32.2. The van der Waals surface area contributed by atoms with E-state index in [-0.39, 0.29) is 29.6 Å². The molecule has 184 valence electrons. The zero-order valence-electron chi connectivity index (χ0n) is 20.0. The Morgan fingerprint density at radius 1 is 1.00 bits per heavy atom. The Morgan fingerprint density at radius 2 is 1.59 bits per heavy atom. The summed E-state index contributed by atoms with van der Waals surface area (Å²) >= 11 is 0. The van der Waals surface area contributed by atoms with Crippen LogP contribution in [-0.2, 0) is 10.0 Å². The van der Waals surface area contributed by atoms with Crippen molar-refractivity contribution in [3.63, 3.8) is 0 Å². The second-order valence-corrected chi connectivity index (χ2v) is 10.2. The molecule has 34 heavy (non-hydrogen) atoms. The number of rotatable bonds is 8. The van der Waals surface area contributed by atoms with E-state index in [4.69, 9.17) is 0 Å². The maximum absolute atomic E-state index is 12.9. The average molecular weight is 490 g/mol. The summed E-state index contributed by atoms with van der Waals surface area (Å²) in [6.45, 7) is 5.64. The Hall–Kier alpha value is -3.18. The fourth-order valence-electron chi connectivity index (χ4n) is 4.03. The Bertz CT molecular complexity index is 1140. The van der Waals surface area contributed by atoms with Crippen LogP contribution < -0.4 is 9.80 Å². The molecule has 1 saturated heterocycles. The summed E-state index contributed by atoms with van der Waals surface area (Å²) in [5.41, 5.74) is 1.69. The van der Waals surface area contributed by atoms with Gasteiger partial charge in [-0.15, -0.1) is 0 Å². The molecule has 1 fully saturated rings. The van der Waals surface area contributed by atoms with Crippen LogP contribution in [0, 0.1) is 10.1 Å². The predicted molar refractivity (Wildman–Crippen MR) is 132 cm³/mol. The fraction of sp³-hybridized carbons (Fsp3) is 0.435. The number of nitro benzene ring substituents is 1. The molecule has 0 radical (unpaired) electrons. The van der Waals surface area contributed by atoms with E-state index in [0.29, 0.717) is 37.4 Å². The predicted octanol–water partition coefficient (Wildman–Crippen LogP) is 2.65. The molecule has 0 atom stereocenters. The summed E-state index contributed by atoms with van der Waals surface area (Å²) in [5.74, 6) is -0.0832. The van der Waals surface area contributed by atoms with Crippen molar-refractivity contribution in [1.29, 1.82) is 0 Å². The van der Waals surface area contributed by atoms with Gasteiger partial charge in [0, 0.05) is 70.7 Å². The molecule has 3 rings (SSSR count). The van der Waals surface area contributed by atoms with Gasteiger partial charge in [-0.1, -0.05) is 13.8 Å². The molecule has 1 aliphatic rings. The third kappa shape index (κ3) is 5.15.